The largest absolute Gasteiger partial charge is 0.492 e. The molecule has 0 aliphatic carbocycles. The molecule has 1 rings (SSSR count). The molecule has 3 N–H and O–H groups in total. The summed E-state index contributed by atoms with van der Waals surface area (Å²) in [6.07, 6.45) is 2.05. The van der Waals surface area contributed by atoms with Gasteiger partial charge in [0.1, 0.15) is 12.4 Å². The van der Waals surface area contributed by atoms with Crippen molar-refractivity contribution in [3.63, 3.8) is 0 Å². The van der Waals surface area contributed by atoms with Crippen LogP contribution in [0, 0.1) is 6.92 Å². The molecule has 0 saturated carbocycles. The molecular formula is C15H26N2O2. The topological polar surface area (TPSA) is 56.5 Å². The second-order valence-corrected chi connectivity index (χ2v) is 4.70. The van der Waals surface area contributed by atoms with Gasteiger partial charge in [-0.15, -0.1) is 0 Å². The fourth-order valence-corrected chi connectivity index (χ4v) is 1.95. The van der Waals surface area contributed by atoms with Crippen LogP contribution < -0.4 is 15.8 Å². The molecule has 1 atom stereocenters. The summed E-state index contributed by atoms with van der Waals surface area (Å²) in [6, 6.07) is 8.45. The predicted molar refractivity (Wildman–Crippen MR) is 78.6 cm³/mol. The van der Waals surface area contributed by atoms with Crippen LogP contribution in [0.15, 0.2) is 24.3 Å². The Bertz CT molecular complexity index is 345. The molecule has 1 aromatic rings. The number of benzene rings is 1. The molecule has 0 spiro atoms. The maximum Gasteiger partial charge on any atom is 0.119 e. The second kappa shape index (κ2) is 9.78. The van der Waals surface area contributed by atoms with E-state index in [1.165, 1.54) is 5.56 Å². The molecule has 0 aliphatic rings. The van der Waals surface area contributed by atoms with Crippen molar-refractivity contribution in [1.82, 2.24) is 5.32 Å². The minimum Gasteiger partial charge on any atom is -0.492 e. The van der Waals surface area contributed by atoms with Crippen molar-refractivity contribution in [2.75, 3.05) is 33.4 Å². The highest BCUT2D eigenvalue weighted by atomic mass is 16.5. The van der Waals surface area contributed by atoms with Crippen molar-refractivity contribution in [3.05, 3.63) is 29.8 Å². The highest BCUT2D eigenvalue weighted by Gasteiger charge is 2.06. The maximum absolute atomic E-state index is 5.69. The van der Waals surface area contributed by atoms with Crippen LogP contribution in [-0.4, -0.2) is 39.5 Å². The molecule has 19 heavy (non-hydrogen) atoms. The average molecular weight is 266 g/mol. The van der Waals surface area contributed by atoms with E-state index in [-0.39, 0.29) is 0 Å². The van der Waals surface area contributed by atoms with Gasteiger partial charge in [-0.05, 0) is 44.0 Å². The van der Waals surface area contributed by atoms with E-state index in [1.807, 2.05) is 18.2 Å². The molecule has 4 nitrogen and oxygen atoms in total. The third-order valence-corrected chi connectivity index (χ3v) is 2.92. The fourth-order valence-electron chi connectivity index (χ4n) is 1.95. The van der Waals surface area contributed by atoms with Gasteiger partial charge in [0.2, 0.25) is 0 Å². The molecule has 1 aromatic carbocycles. The zero-order valence-electron chi connectivity index (χ0n) is 12.0. The molecule has 0 radical (unpaired) electrons. The molecule has 108 valence electrons. The van der Waals surface area contributed by atoms with Gasteiger partial charge in [0, 0.05) is 19.7 Å². The zero-order valence-corrected chi connectivity index (χ0v) is 12.0. The van der Waals surface area contributed by atoms with E-state index in [0.29, 0.717) is 19.3 Å². The summed E-state index contributed by atoms with van der Waals surface area (Å²) in [6.45, 7) is 4.97. The Balaban J connectivity index is 2.20. The summed E-state index contributed by atoms with van der Waals surface area (Å²) in [7, 11) is 1.72. The fraction of sp³-hybridized carbons (Fsp3) is 0.600. The highest BCUT2D eigenvalue weighted by molar-refractivity contribution is 5.27. The van der Waals surface area contributed by atoms with Crippen LogP contribution in [0.4, 0.5) is 0 Å². The van der Waals surface area contributed by atoms with Gasteiger partial charge in [0.15, 0.2) is 0 Å². The molecule has 0 heterocycles. The monoisotopic (exact) mass is 266 g/mol. The summed E-state index contributed by atoms with van der Waals surface area (Å²) in [4.78, 5) is 0. The first-order chi connectivity index (χ1) is 9.26. The Labute approximate surface area is 116 Å². The molecular weight excluding hydrogens is 240 g/mol. The van der Waals surface area contributed by atoms with Gasteiger partial charge in [0.05, 0.1) is 6.61 Å². The summed E-state index contributed by atoms with van der Waals surface area (Å²) in [5, 5.41) is 3.43. The lowest BCUT2D eigenvalue weighted by Crippen LogP contribution is -2.36. The third kappa shape index (κ3) is 7.15. The number of ether oxygens (including phenoxy) is 2. The van der Waals surface area contributed by atoms with Crippen LogP contribution in [-0.2, 0) is 4.74 Å². The van der Waals surface area contributed by atoms with Gasteiger partial charge < -0.3 is 20.5 Å². The van der Waals surface area contributed by atoms with Crippen molar-refractivity contribution in [2.24, 2.45) is 5.73 Å². The van der Waals surface area contributed by atoms with Crippen molar-refractivity contribution < 1.29 is 9.47 Å². The van der Waals surface area contributed by atoms with E-state index < -0.39 is 0 Å². The van der Waals surface area contributed by atoms with E-state index in [4.69, 9.17) is 15.2 Å². The van der Waals surface area contributed by atoms with Crippen LogP contribution in [0.2, 0.25) is 0 Å². The first-order valence-corrected chi connectivity index (χ1v) is 6.88. The number of aryl methyl sites for hydroxylation is 1. The van der Waals surface area contributed by atoms with Gasteiger partial charge in [0.25, 0.3) is 0 Å². The van der Waals surface area contributed by atoms with Crippen LogP contribution in [0.25, 0.3) is 0 Å². The van der Waals surface area contributed by atoms with E-state index in [9.17, 15) is 0 Å². The van der Waals surface area contributed by atoms with Crippen molar-refractivity contribution in [1.29, 1.82) is 0 Å². The summed E-state index contributed by atoms with van der Waals surface area (Å²) < 4.78 is 10.9. The summed E-state index contributed by atoms with van der Waals surface area (Å²) >= 11 is 0. The highest BCUT2D eigenvalue weighted by Crippen LogP contribution is 2.11. The number of methoxy groups -OCH3 is 1. The van der Waals surface area contributed by atoms with E-state index in [1.54, 1.807) is 7.11 Å². The summed E-state index contributed by atoms with van der Waals surface area (Å²) in [5.74, 6) is 0.923. The van der Waals surface area contributed by atoms with Gasteiger partial charge in [-0.25, -0.2) is 0 Å². The van der Waals surface area contributed by atoms with Gasteiger partial charge >= 0.3 is 0 Å². The number of rotatable bonds is 10. The Morgan fingerprint density at radius 3 is 2.89 bits per heavy atom. The lowest BCUT2D eigenvalue weighted by molar-refractivity contribution is 0.158. The maximum atomic E-state index is 5.69. The molecule has 0 saturated heterocycles. The van der Waals surface area contributed by atoms with Gasteiger partial charge in [-0.1, -0.05) is 12.1 Å². The molecule has 0 bridgehead atoms. The van der Waals surface area contributed by atoms with Crippen molar-refractivity contribution in [3.8, 4) is 5.75 Å². The number of nitrogens with one attached hydrogen (secondary N) is 1. The second-order valence-electron chi connectivity index (χ2n) is 4.70. The first-order valence-electron chi connectivity index (χ1n) is 6.88. The van der Waals surface area contributed by atoms with Crippen molar-refractivity contribution in [2.45, 2.75) is 25.8 Å². The Kier molecular flexibility index (Phi) is 8.21. The van der Waals surface area contributed by atoms with Crippen LogP contribution >= 0.6 is 0 Å². The third-order valence-electron chi connectivity index (χ3n) is 2.92. The Morgan fingerprint density at radius 1 is 1.37 bits per heavy atom. The molecule has 0 aromatic heterocycles. The van der Waals surface area contributed by atoms with Gasteiger partial charge in [-0.2, -0.15) is 0 Å². The molecule has 1 unspecified atom stereocenters. The normalized spacial score (nSPS) is 12.4. The SMILES string of the molecule is COCC(CCCN)NCCOc1cccc(C)c1. The molecule has 0 aliphatic heterocycles. The predicted octanol–water partition coefficient (Wildman–Crippen LogP) is 1.72. The average Bonchev–Trinajstić information content (AvgIpc) is 2.41. The van der Waals surface area contributed by atoms with Crippen LogP contribution in [0.5, 0.6) is 5.75 Å². The Hall–Kier alpha value is -1.10. The van der Waals surface area contributed by atoms with Gasteiger partial charge in [-0.3, -0.25) is 0 Å². The quantitative estimate of drug-likeness (QED) is 0.633. The van der Waals surface area contributed by atoms with E-state index >= 15 is 0 Å². The molecule has 0 amide bonds. The van der Waals surface area contributed by atoms with Crippen LogP contribution in [0.3, 0.4) is 0 Å². The lowest BCUT2D eigenvalue weighted by atomic mass is 10.1. The smallest absolute Gasteiger partial charge is 0.119 e. The minimum atomic E-state index is 0.356. The minimum absolute atomic E-state index is 0.356. The van der Waals surface area contributed by atoms with E-state index in [2.05, 4.69) is 18.3 Å². The first kappa shape index (κ1) is 16.0. The number of hydrogen-bond donors (Lipinski definition) is 2. The standard InChI is InChI=1S/C15H26N2O2/c1-13-5-3-7-15(11-13)19-10-9-17-14(12-18-2)6-4-8-16/h3,5,7,11,14,17H,4,6,8-10,12,16H2,1-2H3. The van der Waals surface area contributed by atoms with E-state index in [0.717, 1.165) is 31.7 Å². The summed E-state index contributed by atoms with van der Waals surface area (Å²) in [5.41, 5.74) is 6.74. The molecule has 4 heteroatoms. The van der Waals surface area contributed by atoms with Crippen molar-refractivity contribution >= 4 is 0 Å². The molecule has 0 fully saturated rings. The number of hydrogen-bond acceptors (Lipinski definition) is 4. The van der Waals surface area contributed by atoms with Crippen LogP contribution in [0.1, 0.15) is 18.4 Å². The zero-order chi connectivity index (χ0) is 13.9. The number of nitrogens with two attached hydrogens (primary N) is 1. The Morgan fingerprint density at radius 2 is 2.21 bits per heavy atom. The lowest BCUT2D eigenvalue weighted by Gasteiger charge is -2.17.